The summed E-state index contributed by atoms with van der Waals surface area (Å²) in [4.78, 5) is 18.6. The van der Waals surface area contributed by atoms with Gasteiger partial charge < -0.3 is 9.84 Å². The van der Waals surface area contributed by atoms with Crippen molar-refractivity contribution in [3.05, 3.63) is 41.1 Å². The van der Waals surface area contributed by atoms with Crippen LogP contribution in [0.3, 0.4) is 0 Å². The molecule has 1 aromatic carbocycles. The molecule has 19 heavy (non-hydrogen) atoms. The molecule has 98 valence electrons. The lowest BCUT2D eigenvalue weighted by molar-refractivity contribution is 0.0696. The van der Waals surface area contributed by atoms with Gasteiger partial charge in [0, 0.05) is 5.56 Å². The molecule has 2 aromatic rings. The predicted octanol–water partition coefficient (Wildman–Crippen LogP) is 2.64. The van der Waals surface area contributed by atoms with Crippen molar-refractivity contribution >= 4 is 17.6 Å². The first kappa shape index (κ1) is 13.2. The van der Waals surface area contributed by atoms with E-state index in [1.165, 1.54) is 19.5 Å². The highest BCUT2D eigenvalue weighted by Crippen LogP contribution is 2.33. The number of nitrogens with zero attached hydrogens (tertiary/aromatic N) is 2. The van der Waals surface area contributed by atoms with Gasteiger partial charge in [0.05, 0.1) is 12.7 Å². The molecule has 5 nitrogen and oxygen atoms in total. The average molecular weight is 283 g/mol. The Morgan fingerprint density at radius 1 is 1.37 bits per heavy atom. The summed E-state index contributed by atoms with van der Waals surface area (Å²) >= 11 is 5.84. The summed E-state index contributed by atoms with van der Waals surface area (Å²) in [6, 6.07) is 3.35. The predicted molar refractivity (Wildman–Crippen MR) is 65.9 cm³/mol. The van der Waals surface area contributed by atoms with Crippen LogP contribution in [0.15, 0.2) is 24.5 Å². The van der Waals surface area contributed by atoms with Crippen LogP contribution in [0.25, 0.3) is 11.3 Å². The lowest BCUT2D eigenvalue weighted by Crippen LogP contribution is -2.00. The first-order valence-electron chi connectivity index (χ1n) is 5.11. The number of halogens is 2. The first-order chi connectivity index (χ1) is 9.02. The monoisotopic (exact) mass is 282 g/mol. The molecule has 0 aliphatic heterocycles. The summed E-state index contributed by atoms with van der Waals surface area (Å²) in [6.45, 7) is 0. The Balaban J connectivity index is 2.65. The van der Waals surface area contributed by atoms with Crippen molar-refractivity contribution in [2.45, 2.75) is 0 Å². The molecular weight excluding hydrogens is 275 g/mol. The molecule has 0 aliphatic rings. The average Bonchev–Trinajstić information content (AvgIpc) is 2.37. The Bertz CT molecular complexity index is 649. The lowest BCUT2D eigenvalue weighted by Gasteiger charge is -2.09. The third-order valence-corrected chi connectivity index (χ3v) is 2.65. The van der Waals surface area contributed by atoms with E-state index in [1.807, 2.05) is 0 Å². The van der Waals surface area contributed by atoms with Gasteiger partial charge in [0.1, 0.15) is 17.8 Å². The standard InChI is InChI=1S/C12H8ClFN2O3/c1-19-10-9(15-5-16-11(10)13)6-2-7(12(17)18)4-8(14)3-6/h2-5H,1H3,(H,17,18). The van der Waals surface area contributed by atoms with Gasteiger partial charge in [0.2, 0.25) is 0 Å². The topological polar surface area (TPSA) is 72.3 Å². The van der Waals surface area contributed by atoms with E-state index in [0.29, 0.717) is 0 Å². The number of hydrogen-bond donors (Lipinski definition) is 1. The van der Waals surface area contributed by atoms with Crippen molar-refractivity contribution in [2.75, 3.05) is 7.11 Å². The van der Waals surface area contributed by atoms with E-state index >= 15 is 0 Å². The molecule has 2 rings (SSSR count). The van der Waals surface area contributed by atoms with E-state index in [9.17, 15) is 9.18 Å². The highest BCUT2D eigenvalue weighted by molar-refractivity contribution is 6.31. The molecule has 1 aromatic heterocycles. The number of hydrogen-bond acceptors (Lipinski definition) is 4. The lowest BCUT2D eigenvalue weighted by atomic mass is 10.1. The maximum atomic E-state index is 13.4. The second-order valence-electron chi connectivity index (χ2n) is 3.58. The molecule has 0 saturated carbocycles. The fourth-order valence-corrected chi connectivity index (χ4v) is 1.80. The fourth-order valence-electron chi connectivity index (χ4n) is 1.59. The zero-order chi connectivity index (χ0) is 14.0. The van der Waals surface area contributed by atoms with Gasteiger partial charge in [-0.05, 0) is 18.2 Å². The van der Waals surface area contributed by atoms with E-state index in [0.717, 1.165) is 12.1 Å². The third kappa shape index (κ3) is 2.63. The van der Waals surface area contributed by atoms with Gasteiger partial charge in [-0.15, -0.1) is 0 Å². The normalized spacial score (nSPS) is 10.3. The van der Waals surface area contributed by atoms with Crippen LogP contribution in [-0.4, -0.2) is 28.2 Å². The number of carbonyl (C=O) groups is 1. The molecule has 0 radical (unpaired) electrons. The van der Waals surface area contributed by atoms with E-state index in [-0.39, 0.29) is 27.7 Å². The van der Waals surface area contributed by atoms with Crippen LogP contribution in [0.5, 0.6) is 5.75 Å². The van der Waals surface area contributed by atoms with Crippen molar-refractivity contribution in [3.63, 3.8) is 0 Å². The third-order valence-electron chi connectivity index (χ3n) is 2.38. The molecular formula is C12H8ClFN2O3. The summed E-state index contributed by atoms with van der Waals surface area (Å²) in [6.07, 6.45) is 1.19. The molecule has 7 heteroatoms. The number of ether oxygens (including phenoxy) is 1. The number of aromatic nitrogens is 2. The quantitative estimate of drug-likeness (QED) is 0.876. The molecule has 0 unspecified atom stereocenters. The van der Waals surface area contributed by atoms with Crippen molar-refractivity contribution in [1.29, 1.82) is 0 Å². The number of rotatable bonds is 3. The van der Waals surface area contributed by atoms with Gasteiger partial charge in [-0.1, -0.05) is 11.6 Å². The van der Waals surface area contributed by atoms with Crippen LogP contribution in [0.4, 0.5) is 4.39 Å². The zero-order valence-corrected chi connectivity index (χ0v) is 10.5. The maximum Gasteiger partial charge on any atom is 0.335 e. The van der Waals surface area contributed by atoms with E-state index in [2.05, 4.69) is 9.97 Å². The number of aromatic carboxylic acids is 1. The fraction of sp³-hybridized carbons (Fsp3) is 0.0833. The smallest absolute Gasteiger partial charge is 0.335 e. The number of benzene rings is 1. The van der Waals surface area contributed by atoms with E-state index in [4.69, 9.17) is 21.4 Å². The molecule has 0 atom stereocenters. The van der Waals surface area contributed by atoms with Crippen LogP contribution in [0, 0.1) is 5.82 Å². The SMILES string of the molecule is COc1c(Cl)ncnc1-c1cc(F)cc(C(=O)O)c1. The van der Waals surface area contributed by atoms with Gasteiger partial charge in [-0.2, -0.15) is 0 Å². The minimum Gasteiger partial charge on any atom is -0.491 e. The minimum atomic E-state index is -1.24. The highest BCUT2D eigenvalue weighted by atomic mass is 35.5. The number of carboxylic acid groups (broad SMARTS) is 1. The van der Waals surface area contributed by atoms with Gasteiger partial charge in [-0.25, -0.2) is 19.2 Å². The summed E-state index contributed by atoms with van der Waals surface area (Å²) in [7, 11) is 1.37. The molecule has 0 spiro atoms. The van der Waals surface area contributed by atoms with Crippen molar-refractivity contribution in [3.8, 4) is 17.0 Å². The van der Waals surface area contributed by atoms with Gasteiger partial charge in [-0.3, -0.25) is 0 Å². The Hall–Kier alpha value is -2.21. The summed E-state index contributed by atoms with van der Waals surface area (Å²) in [5.41, 5.74) is 0.287. The number of carboxylic acids is 1. The summed E-state index contributed by atoms with van der Waals surface area (Å²) < 4.78 is 18.5. The summed E-state index contributed by atoms with van der Waals surface area (Å²) in [5, 5.41) is 8.97. The summed E-state index contributed by atoms with van der Waals surface area (Å²) in [5.74, 6) is -1.77. The maximum absolute atomic E-state index is 13.4. The Labute approximate surface area is 112 Å². The van der Waals surface area contributed by atoms with Crippen molar-refractivity contribution in [2.24, 2.45) is 0 Å². The van der Waals surface area contributed by atoms with Crippen LogP contribution < -0.4 is 4.74 Å². The van der Waals surface area contributed by atoms with Crippen LogP contribution in [0.2, 0.25) is 5.15 Å². The van der Waals surface area contributed by atoms with Crippen LogP contribution in [0.1, 0.15) is 10.4 Å². The molecule has 0 bridgehead atoms. The van der Waals surface area contributed by atoms with Crippen LogP contribution >= 0.6 is 11.6 Å². The second-order valence-corrected chi connectivity index (χ2v) is 3.94. The Morgan fingerprint density at radius 3 is 2.74 bits per heavy atom. The molecule has 0 aliphatic carbocycles. The van der Waals surface area contributed by atoms with Crippen molar-refractivity contribution in [1.82, 2.24) is 9.97 Å². The molecule has 0 saturated heterocycles. The van der Waals surface area contributed by atoms with Gasteiger partial charge in [0.25, 0.3) is 0 Å². The highest BCUT2D eigenvalue weighted by Gasteiger charge is 2.15. The number of methoxy groups -OCH3 is 1. The Kier molecular flexibility index (Phi) is 3.62. The second kappa shape index (κ2) is 5.19. The minimum absolute atomic E-state index is 0.0636. The van der Waals surface area contributed by atoms with Crippen LogP contribution in [-0.2, 0) is 0 Å². The van der Waals surface area contributed by atoms with Crippen molar-refractivity contribution < 1.29 is 19.0 Å². The van der Waals surface area contributed by atoms with Gasteiger partial charge >= 0.3 is 5.97 Å². The van der Waals surface area contributed by atoms with Gasteiger partial charge in [0.15, 0.2) is 10.9 Å². The molecule has 0 fully saturated rings. The molecule has 0 amide bonds. The molecule has 1 N–H and O–H groups in total. The van der Waals surface area contributed by atoms with E-state index in [1.54, 1.807) is 0 Å². The van der Waals surface area contributed by atoms with E-state index < -0.39 is 11.8 Å². The first-order valence-corrected chi connectivity index (χ1v) is 5.49. The zero-order valence-electron chi connectivity index (χ0n) is 9.72. The largest absolute Gasteiger partial charge is 0.491 e. The molecule has 1 heterocycles. The Morgan fingerprint density at radius 2 is 2.11 bits per heavy atom.